The largest absolute Gasteiger partial charge is 0.485 e. The molecule has 0 saturated heterocycles. The zero-order chi connectivity index (χ0) is 13.8. The molecule has 0 aliphatic rings. The third-order valence-electron chi connectivity index (χ3n) is 2.73. The Morgan fingerprint density at radius 3 is 2.70 bits per heavy atom. The van der Waals surface area contributed by atoms with E-state index in [4.69, 9.17) is 19.4 Å². The number of nitrogens with two attached hydrogens (primary N) is 1. The average molecular weight is 271 g/mol. The first-order chi connectivity index (χ1) is 9.85. The van der Waals surface area contributed by atoms with Crippen molar-refractivity contribution in [2.75, 3.05) is 0 Å². The third kappa shape index (κ3) is 2.70. The minimum atomic E-state index is 0.228. The Hall–Kier alpha value is -2.60. The van der Waals surface area contributed by atoms with Crippen molar-refractivity contribution in [3.05, 3.63) is 54.0 Å². The standard InChI is InChI=1S/C14H13N3O3/c15-8-10-3-5-11(6-4-10)19-9-13-16-14(20-17-13)12-2-1-7-18-12/h1-7H,8-9,15H2. The Bertz CT molecular complexity index is 659. The summed E-state index contributed by atoms with van der Waals surface area (Å²) in [5.41, 5.74) is 6.58. The lowest BCUT2D eigenvalue weighted by molar-refractivity contribution is 0.286. The molecule has 2 N–H and O–H groups in total. The van der Waals surface area contributed by atoms with Crippen molar-refractivity contribution in [3.63, 3.8) is 0 Å². The molecule has 6 heteroatoms. The molecule has 3 aromatic rings. The van der Waals surface area contributed by atoms with Crippen LogP contribution in [-0.4, -0.2) is 10.1 Å². The van der Waals surface area contributed by atoms with E-state index in [1.807, 2.05) is 24.3 Å². The van der Waals surface area contributed by atoms with Crippen LogP contribution >= 0.6 is 0 Å². The summed E-state index contributed by atoms with van der Waals surface area (Å²) in [4.78, 5) is 4.18. The summed E-state index contributed by atoms with van der Waals surface area (Å²) in [6, 6.07) is 11.1. The van der Waals surface area contributed by atoms with Crippen LogP contribution in [0.3, 0.4) is 0 Å². The fourth-order valence-corrected chi connectivity index (χ4v) is 1.68. The van der Waals surface area contributed by atoms with Gasteiger partial charge in [-0.3, -0.25) is 0 Å². The summed E-state index contributed by atoms with van der Waals surface area (Å²) >= 11 is 0. The minimum Gasteiger partial charge on any atom is -0.485 e. The van der Waals surface area contributed by atoms with Crippen LogP contribution in [0.4, 0.5) is 0 Å². The van der Waals surface area contributed by atoms with Crippen LogP contribution in [0.2, 0.25) is 0 Å². The number of rotatable bonds is 5. The van der Waals surface area contributed by atoms with Gasteiger partial charge in [0.05, 0.1) is 6.26 Å². The Labute approximate surface area is 115 Å². The van der Waals surface area contributed by atoms with Crippen molar-refractivity contribution in [1.29, 1.82) is 0 Å². The molecule has 0 saturated carbocycles. The van der Waals surface area contributed by atoms with Crippen molar-refractivity contribution in [2.24, 2.45) is 5.73 Å². The van der Waals surface area contributed by atoms with Gasteiger partial charge < -0.3 is 19.4 Å². The van der Waals surface area contributed by atoms with Crippen LogP contribution in [0.15, 0.2) is 51.6 Å². The second-order valence-corrected chi connectivity index (χ2v) is 4.13. The van der Waals surface area contributed by atoms with Gasteiger partial charge in [0, 0.05) is 6.54 Å². The highest BCUT2D eigenvalue weighted by molar-refractivity contribution is 5.42. The van der Waals surface area contributed by atoms with Crippen LogP contribution in [0, 0.1) is 0 Å². The van der Waals surface area contributed by atoms with Crippen molar-refractivity contribution in [2.45, 2.75) is 13.2 Å². The van der Waals surface area contributed by atoms with Crippen molar-refractivity contribution >= 4 is 0 Å². The minimum absolute atomic E-state index is 0.228. The first-order valence-corrected chi connectivity index (χ1v) is 6.13. The summed E-state index contributed by atoms with van der Waals surface area (Å²) in [5.74, 6) is 2.06. The molecule has 2 aromatic heterocycles. The molecule has 0 atom stereocenters. The van der Waals surface area contributed by atoms with Gasteiger partial charge in [-0.1, -0.05) is 17.3 Å². The van der Waals surface area contributed by atoms with Gasteiger partial charge in [-0.25, -0.2) is 0 Å². The number of aromatic nitrogens is 2. The first-order valence-electron chi connectivity index (χ1n) is 6.13. The van der Waals surface area contributed by atoms with Gasteiger partial charge in [0.25, 0.3) is 5.89 Å². The number of hydrogen-bond donors (Lipinski definition) is 1. The molecule has 20 heavy (non-hydrogen) atoms. The summed E-state index contributed by atoms with van der Waals surface area (Å²) in [5, 5.41) is 3.83. The van der Waals surface area contributed by atoms with E-state index in [9.17, 15) is 0 Å². The second kappa shape index (κ2) is 5.58. The molecule has 3 rings (SSSR count). The van der Waals surface area contributed by atoms with Gasteiger partial charge in [-0.15, -0.1) is 0 Å². The van der Waals surface area contributed by atoms with E-state index in [0.717, 1.165) is 11.3 Å². The lowest BCUT2D eigenvalue weighted by atomic mass is 10.2. The number of benzene rings is 1. The number of hydrogen-bond acceptors (Lipinski definition) is 6. The fourth-order valence-electron chi connectivity index (χ4n) is 1.68. The predicted octanol–water partition coefficient (Wildman–Crippen LogP) is 2.37. The van der Waals surface area contributed by atoms with Gasteiger partial charge in [0.2, 0.25) is 5.82 Å². The van der Waals surface area contributed by atoms with Gasteiger partial charge in [-0.05, 0) is 29.8 Å². The van der Waals surface area contributed by atoms with Crippen molar-refractivity contribution in [3.8, 4) is 17.4 Å². The fraction of sp³-hybridized carbons (Fsp3) is 0.143. The van der Waals surface area contributed by atoms with Gasteiger partial charge >= 0.3 is 0 Å². The molecule has 0 aliphatic carbocycles. The Balaban J connectivity index is 1.63. The molecule has 0 bridgehead atoms. The molecule has 102 valence electrons. The lowest BCUT2D eigenvalue weighted by Gasteiger charge is -2.03. The molecular formula is C14H13N3O3. The van der Waals surface area contributed by atoms with Crippen LogP contribution in [-0.2, 0) is 13.2 Å². The molecule has 0 aliphatic heterocycles. The zero-order valence-electron chi connectivity index (χ0n) is 10.7. The summed E-state index contributed by atoms with van der Waals surface area (Å²) in [7, 11) is 0. The lowest BCUT2D eigenvalue weighted by Crippen LogP contribution is -1.99. The Kier molecular flexibility index (Phi) is 3.47. The van der Waals surface area contributed by atoms with E-state index in [2.05, 4.69) is 10.1 Å². The Morgan fingerprint density at radius 2 is 2.00 bits per heavy atom. The van der Waals surface area contributed by atoms with E-state index in [1.165, 1.54) is 0 Å². The SMILES string of the molecule is NCc1ccc(OCc2noc(-c3ccco3)n2)cc1. The first kappa shape index (κ1) is 12.4. The molecular weight excluding hydrogens is 258 g/mol. The quantitative estimate of drug-likeness (QED) is 0.766. The summed E-state index contributed by atoms with van der Waals surface area (Å²) < 4.78 is 15.8. The highest BCUT2D eigenvalue weighted by atomic mass is 16.5. The number of ether oxygens (including phenoxy) is 1. The maximum atomic E-state index is 5.57. The zero-order valence-corrected chi connectivity index (χ0v) is 10.7. The van der Waals surface area contributed by atoms with Gasteiger partial charge in [0.1, 0.15) is 5.75 Å². The molecule has 6 nitrogen and oxygen atoms in total. The van der Waals surface area contributed by atoms with E-state index in [1.54, 1.807) is 18.4 Å². The number of furan rings is 1. The molecule has 0 spiro atoms. The smallest absolute Gasteiger partial charge is 0.293 e. The molecule has 0 fully saturated rings. The maximum Gasteiger partial charge on any atom is 0.293 e. The normalized spacial score (nSPS) is 10.7. The molecule has 0 unspecified atom stereocenters. The summed E-state index contributed by atoms with van der Waals surface area (Å²) in [6.07, 6.45) is 1.55. The number of nitrogens with zero attached hydrogens (tertiary/aromatic N) is 2. The summed E-state index contributed by atoms with van der Waals surface area (Å²) in [6.45, 7) is 0.740. The van der Waals surface area contributed by atoms with E-state index in [0.29, 0.717) is 24.0 Å². The average Bonchev–Trinajstić information content (AvgIpc) is 3.16. The maximum absolute atomic E-state index is 5.57. The topological polar surface area (TPSA) is 87.3 Å². The van der Waals surface area contributed by atoms with Crippen LogP contribution < -0.4 is 10.5 Å². The molecule has 2 heterocycles. The highest BCUT2D eigenvalue weighted by Crippen LogP contribution is 2.18. The van der Waals surface area contributed by atoms with E-state index < -0.39 is 0 Å². The molecule has 1 aromatic carbocycles. The Morgan fingerprint density at radius 1 is 1.15 bits per heavy atom. The third-order valence-corrected chi connectivity index (χ3v) is 2.73. The van der Waals surface area contributed by atoms with Crippen LogP contribution in [0.25, 0.3) is 11.7 Å². The van der Waals surface area contributed by atoms with Crippen LogP contribution in [0.5, 0.6) is 5.75 Å². The molecule has 0 radical (unpaired) electrons. The monoisotopic (exact) mass is 271 g/mol. The van der Waals surface area contributed by atoms with E-state index in [-0.39, 0.29) is 6.61 Å². The van der Waals surface area contributed by atoms with Gasteiger partial charge in [-0.2, -0.15) is 4.98 Å². The predicted molar refractivity (Wildman–Crippen MR) is 70.7 cm³/mol. The van der Waals surface area contributed by atoms with Crippen molar-refractivity contribution in [1.82, 2.24) is 10.1 Å². The van der Waals surface area contributed by atoms with Crippen molar-refractivity contribution < 1.29 is 13.7 Å². The van der Waals surface area contributed by atoms with Crippen LogP contribution in [0.1, 0.15) is 11.4 Å². The van der Waals surface area contributed by atoms with Gasteiger partial charge in [0.15, 0.2) is 12.4 Å². The van der Waals surface area contributed by atoms with E-state index >= 15 is 0 Å². The molecule has 0 amide bonds. The highest BCUT2D eigenvalue weighted by Gasteiger charge is 2.11. The second-order valence-electron chi connectivity index (χ2n) is 4.13.